The second-order valence-corrected chi connectivity index (χ2v) is 4.55. The van der Waals surface area contributed by atoms with Crippen molar-refractivity contribution in [2.24, 2.45) is 0 Å². The van der Waals surface area contributed by atoms with E-state index in [0.717, 1.165) is 15.8 Å². The number of halogens is 1. The molecule has 0 aliphatic rings. The molecule has 0 aliphatic heterocycles. The van der Waals surface area contributed by atoms with Gasteiger partial charge in [-0.25, -0.2) is 4.98 Å². The van der Waals surface area contributed by atoms with Crippen molar-refractivity contribution >= 4 is 15.9 Å². The Balaban J connectivity index is 2.23. The number of nitrogens with zero attached hydrogens (tertiary/aromatic N) is 1. The second-order valence-electron chi connectivity index (χ2n) is 3.76. The molecule has 1 heterocycles. The predicted octanol–water partition coefficient (Wildman–Crippen LogP) is 4.34. The van der Waals surface area contributed by atoms with Crippen molar-refractivity contribution in [1.82, 2.24) is 4.98 Å². The maximum absolute atomic E-state index is 5.74. The van der Waals surface area contributed by atoms with Crippen molar-refractivity contribution in [3.05, 3.63) is 46.6 Å². The Kier molecular flexibility index (Phi) is 4.20. The van der Waals surface area contributed by atoms with Gasteiger partial charge in [-0.1, -0.05) is 6.07 Å². The summed E-state index contributed by atoms with van der Waals surface area (Å²) in [6, 6.07) is 9.44. The fraction of sp³-hybridized carbons (Fsp3) is 0.214. The Hall–Kier alpha value is -1.55. The van der Waals surface area contributed by atoms with Crippen LogP contribution in [0, 0.1) is 6.92 Å². The number of rotatable bonds is 4. The summed E-state index contributed by atoms with van der Waals surface area (Å²) in [4.78, 5) is 4.20. The lowest BCUT2D eigenvalue weighted by Gasteiger charge is -2.09. The standard InChI is InChI=1S/C14H14BrNO2/c1-3-17-11-5-4-6-12(9-11)18-14-13(15)10(2)7-8-16-14/h4-9H,3H2,1-2H3. The third-order valence-electron chi connectivity index (χ3n) is 2.38. The van der Waals surface area contributed by atoms with Crippen molar-refractivity contribution in [3.63, 3.8) is 0 Å². The van der Waals surface area contributed by atoms with E-state index in [4.69, 9.17) is 9.47 Å². The van der Waals surface area contributed by atoms with Crippen LogP contribution in [0.1, 0.15) is 12.5 Å². The van der Waals surface area contributed by atoms with Gasteiger partial charge in [-0.05, 0) is 53.5 Å². The zero-order valence-corrected chi connectivity index (χ0v) is 11.9. The molecule has 2 rings (SSSR count). The summed E-state index contributed by atoms with van der Waals surface area (Å²) >= 11 is 3.47. The van der Waals surface area contributed by atoms with Gasteiger partial charge in [0.25, 0.3) is 0 Å². The lowest BCUT2D eigenvalue weighted by Crippen LogP contribution is -1.93. The van der Waals surface area contributed by atoms with Gasteiger partial charge in [0.1, 0.15) is 11.5 Å². The van der Waals surface area contributed by atoms with Gasteiger partial charge in [0.15, 0.2) is 0 Å². The van der Waals surface area contributed by atoms with Gasteiger partial charge < -0.3 is 9.47 Å². The summed E-state index contributed by atoms with van der Waals surface area (Å²) in [5.74, 6) is 2.06. The zero-order chi connectivity index (χ0) is 13.0. The van der Waals surface area contributed by atoms with Gasteiger partial charge in [0, 0.05) is 12.3 Å². The van der Waals surface area contributed by atoms with Crippen LogP contribution in [0.5, 0.6) is 17.4 Å². The first-order chi connectivity index (χ1) is 8.70. The van der Waals surface area contributed by atoms with Gasteiger partial charge in [-0.15, -0.1) is 0 Å². The molecule has 0 aliphatic carbocycles. The van der Waals surface area contributed by atoms with Gasteiger partial charge >= 0.3 is 0 Å². The van der Waals surface area contributed by atoms with Gasteiger partial charge in [0.2, 0.25) is 5.88 Å². The summed E-state index contributed by atoms with van der Waals surface area (Å²) in [5.41, 5.74) is 1.08. The Morgan fingerprint density at radius 1 is 1.22 bits per heavy atom. The molecule has 3 nitrogen and oxygen atoms in total. The van der Waals surface area contributed by atoms with E-state index in [1.807, 2.05) is 44.2 Å². The van der Waals surface area contributed by atoms with E-state index in [2.05, 4.69) is 20.9 Å². The average molecular weight is 308 g/mol. The van der Waals surface area contributed by atoms with E-state index in [9.17, 15) is 0 Å². The molecule has 94 valence electrons. The summed E-state index contributed by atoms with van der Waals surface area (Å²) in [6.45, 7) is 4.58. The van der Waals surface area contributed by atoms with E-state index < -0.39 is 0 Å². The topological polar surface area (TPSA) is 31.4 Å². The third-order valence-corrected chi connectivity index (χ3v) is 3.35. The Labute approximate surface area is 115 Å². The number of pyridine rings is 1. The smallest absolute Gasteiger partial charge is 0.233 e. The van der Waals surface area contributed by atoms with Gasteiger partial charge in [-0.2, -0.15) is 0 Å². The highest BCUT2D eigenvalue weighted by molar-refractivity contribution is 9.10. The Morgan fingerprint density at radius 2 is 2.00 bits per heavy atom. The monoisotopic (exact) mass is 307 g/mol. The van der Waals surface area contributed by atoms with E-state index in [1.165, 1.54) is 0 Å². The van der Waals surface area contributed by atoms with Crippen molar-refractivity contribution in [2.75, 3.05) is 6.61 Å². The van der Waals surface area contributed by atoms with Crippen LogP contribution < -0.4 is 9.47 Å². The van der Waals surface area contributed by atoms with E-state index in [-0.39, 0.29) is 0 Å². The molecule has 18 heavy (non-hydrogen) atoms. The molecule has 1 aromatic heterocycles. The SMILES string of the molecule is CCOc1cccc(Oc2nccc(C)c2Br)c1. The van der Waals surface area contributed by atoms with Crippen LogP contribution in [0.3, 0.4) is 0 Å². The molecule has 0 radical (unpaired) electrons. The normalized spacial score (nSPS) is 10.2. The fourth-order valence-corrected chi connectivity index (χ4v) is 1.81. The number of benzene rings is 1. The van der Waals surface area contributed by atoms with Crippen LogP contribution in [-0.4, -0.2) is 11.6 Å². The minimum Gasteiger partial charge on any atom is -0.494 e. The lowest BCUT2D eigenvalue weighted by atomic mass is 10.3. The van der Waals surface area contributed by atoms with Crippen molar-refractivity contribution < 1.29 is 9.47 Å². The van der Waals surface area contributed by atoms with E-state index in [0.29, 0.717) is 18.2 Å². The molecule has 0 bridgehead atoms. The first-order valence-corrected chi connectivity index (χ1v) is 6.52. The maximum atomic E-state index is 5.74. The Bertz CT molecular complexity index is 543. The molecule has 1 aromatic carbocycles. The first kappa shape index (κ1) is 12.9. The highest BCUT2D eigenvalue weighted by atomic mass is 79.9. The van der Waals surface area contributed by atoms with Crippen LogP contribution in [0.2, 0.25) is 0 Å². The molecule has 0 N–H and O–H groups in total. The maximum Gasteiger partial charge on any atom is 0.233 e. The van der Waals surface area contributed by atoms with Crippen molar-refractivity contribution in [3.8, 4) is 17.4 Å². The lowest BCUT2D eigenvalue weighted by molar-refractivity contribution is 0.338. The highest BCUT2D eigenvalue weighted by Crippen LogP contribution is 2.31. The fourth-order valence-electron chi connectivity index (χ4n) is 1.49. The first-order valence-electron chi connectivity index (χ1n) is 5.72. The highest BCUT2D eigenvalue weighted by Gasteiger charge is 2.07. The van der Waals surface area contributed by atoms with Gasteiger partial charge in [-0.3, -0.25) is 0 Å². The number of hydrogen-bond acceptors (Lipinski definition) is 3. The summed E-state index contributed by atoms with van der Waals surface area (Å²) in [5, 5.41) is 0. The van der Waals surface area contributed by atoms with Crippen molar-refractivity contribution in [1.29, 1.82) is 0 Å². The number of hydrogen-bond donors (Lipinski definition) is 0. The number of aryl methyl sites for hydroxylation is 1. The Morgan fingerprint density at radius 3 is 2.78 bits per heavy atom. The quantitative estimate of drug-likeness (QED) is 0.842. The molecule has 0 fully saturated rings. The van der Waals surface area contributed by atoms with Crippen LogP contribution in [0.25, 0.3) is 0 Å². The molecule has 4 heteroatoms. The average Bonchev–Trinajstić information content (AvgIpc) is 2.36. The molecule has 0 saturated heterocycles. The molecule has 0 saturated carbocycles. The van der Waals surface area contributed by atoms with Gasteiger partial charge in [0.05, 0.1) is 11.1 Å². The van der Waals surface area contributed by atoms with Crippen molar-refractivity contribution in [2.45, 2.75) is 13.8 Å². The van der Waals surface area contributed by atoms with Crippen LogP contribution in [-0.2, 0) is 0 Å². The minimum absolute atomic E-state index is 0.559. The summed E-state index contributed by atoms with van der Waals surface area (Å²) in [7, 11) is 0. The molecule has 0 atom stereocenters. The van der Waals surface area contributed by atoms with E-state index in [1.54, 1.807) is 6.20 Å². The second kappa shape index (κ2) is 5.87. The minimum atomic E-state index is 0.559. The van der Waals surface area contributed by atoms with Crippen LogP contribution in [0.4, 0.5) is 0 Å². The molecule has 0 amide bonds. The molecule has 0 unspecified atom stereocenters. The third kappa shape index (κ3) is 3.01. The number of ether oxygens (including phenoxy) is 2. The zero-order valence-electron chi connectivity index (χ0n) is 10.3. The predicted molar refractivity (Wildman–Crippen MR) is 74.4 cm³/mol. The van der Waals surface area contributed by atoms with Crippen LogP contribution in [0.15, 0.2) is 41.0 Å². The molecule has 0 spiro atoms. The molecular weight excluding hydrogens is 294 g/mol. The summed E-state index contributed by atoms with van der Waals surface area (Å²) in [6.07, 6.45) is 1.72. The molecule has 2 aromatic rings. The summed E-state index contributed by atoms with van der Waals surface area (Å²) < 4.78 is 12.0. The molecular formula is C14H14BrNO2. The number of aromatic nitrogens is 1. The largest absolute Gasteiger partial charge is 0.494 e. The van der Waals surface area contributed by atoms with Crippen LogP contribution >= 0.6 is 15.9 Å². The van der Waals surface area contributed by atoms with E-state index >= 15 is 0 Å².